The molecular formula is C19H15Cl6O18Sb6-11. The van der Waals surface area contributed by atoms with Crippen LogP contribution in [0.1, 0.15) is 16.7 Å². The fraction of sp³-hybridized carbons (Fsp3) is 0.0526. The quantitative estimate of drug-likeness (QED) is 0.169. The molecule has 0 aliphatic carbocycles. The van der Waals surface area contributed by atoms with Gasteiger partial charge in [0.05, 0.1) is 0 Å². The third-order valence-corrected chi connectivity index (χ3v) is 5.65. The maximum absolute atomic E-state index is 12.0. The van der Waals surface area contributed by atoms with Crippen LogP contribution in [0.25, 0.3) is 0 Å². The van der Waals surface area contributed by atoms with Gasteiger partial charge >= 0.3 is 336 Å². The topological polar surface area (TPSA) is 365 Å². The van der Waals surface area contributed by atoms with Crippen molar-refractivity contribution < 1.29 is 58.4 Å². The van der Waals surface area contributed by atoms with Crippen LogP contribution in [0.3, 0.4) is 0 Å². The van der Waals surface area contributed by atoms with Gasteiger partial charge in [0.1, 0.15) is 0 Å². The Balaban J connectivity index is -0.000000687. The van der Waals surface area contributed by atoms with Crippen molar-refractivity contribution in [3.8, 4) is 0 Å². The van der Waals surface area contributed by atoms with Crippen LogP contribution in [0.2, 0.25) is 0 Å². The number of rotatable bonds is 5. The van der Waals surface area contributed by atoms with Crippen molar-refractivity contribution in [1.82, 2.24) is 0 Å². The Morgan fingerprint density at radius 2 is 0.510 bits per heavy atom. The second-order valence-corrected chi connectivity index (χ2v) is 39.4. The first-order chi connectivity index (χ1) is 21.5. The molecule has 1 unspecified atom stereocenters. The van der Waals surface area contributed by atoms with Crippen LogP contribution in [0.4, 0.5) is 0 Å². The second kappa shape index (κ2) is 25.7. The second-order valence-electron chi connectivity index (χ2n) is 7.45. The van der Waals surface area contributed by atoms with E-state index >= 15 is 0 Å². The van der Waals surface area contributed by atoms with Crippen molar-refractivity contribution in [3.63, 3.8) is 0 Å². The first kappa shape index (κ1) is 56.0. The van der Waals surface area contributed by atoms with Gasteiger partial charge in [-0.25, -0.2) is 0 Å². The Kier molecular flexibility index (Phi) is 29.4. The first-order valence-electron chi connectivity index (χ1n) is 11.0. The standard InChI is InChI=1S/C19H15O.6ClH.17O.6Sb/c20-19(16-10-4-1-5-11-16,17-12-6-2-7-13-17)18-14-8-3-9-15-18;;;;;;;;;;;;;;;;;;;;;;;;;;;;;/h1-15H;6*1H;;;;;;;;;;;;;;;;;;;;;;;/q-1;;;;;;;;;;;;;11*-1;5*+1;+2/p-6. The zero-order valence-corrected chi connectivity index (χ0v) is 42.8. The van der Waals surface area contributed by atoms with Crippen LogP contribution in [-0.4, -0.2) is 111 Å². The van der Waals surface area contributed by atoms with E-state index in [9.17, 15) is 6.40 Å². The molecule has 3 aromatic rings. The van der Waals surface area contributed by atoms with E-state index in [4.69, 9.17) is 60.8 Å². The van der Waals surface area contributed by atoms with Crippen LogP contribution in [0.15, 0.2) is 91.0 Å². The van der Waals surface area contributed by atoms with E-state index in [1.165, 1.54) is 0 Å². The summed E-state index contributed by atoms with van der Waals surface area (Å²) in [5.74, 6) is 0. The average molecular weight is 1470 g/mol. The summed E-state index contributed by atoms with van der Waals surface area (Å²) in [6.07, 6.45) is 0. The molecule has 0 aliphatic rings. The summed E-state index contributed by atoms with van der Waals surface area (Å²) in [6.45, 7) is 0. The van der Waals surface area contributed by atoms with Crippen LogP contribution in [0, 0.1) is 0 Å². The van der Waals surface area contributed by atoms with Crippen LogP contribution in [-0.2, 0) is 26.7 Å². The molecule has 18 nitrogen and oxygen atoms in total. The summed E-state index contributed by atoms with van der Waals surface area (Å²) in [4.78, 5) is 0. The van der Waals surface area contributed by atoms with E-state index in [-0.39, 0.29) is 0 Å². The van der Waals surface area contributed by atoms with Gasteiger partial charge in [0.25, 0.3) is 0 Å². The Labute approximate surface area is 329 Å². The van der Waals surface area contributed by atoms with Gasteiger partial charge in [-0.3, -0.25) is 0 Å². The van der Waals surface area contributed by atoms with E-state index in [0.29, 0.717) is 16.7 Å². The van der Waals surface area contributed by atoms with Crippen molar-refractivity contribution in [2.24, 2.45) is 0 Å². The fourth-order valence-corrected chi connectivity index (χ4v) is 5.37. The molecule has 0 spiro atoms. The monoisotopic (exact) mass is 1470 g/mol. The molecule has 1 atom stereocenters. The van der Waals surface area contributed by atoms with Gasteiger partial charge in [-0.1, -0.05) is 0 Å². The summed E-state index contributed by atoms with van der Waals surface area (Å²) in [6, 6.07) is 27.7. The average Bonchev–Trinajstić information content (AvgIpc) is 2.83. The van der Waals surface area contributed by atoms with Crippen molar-refractivity contribution in [2.75, 3.05) is 0 Å². The van der Waals surface area contributed by atoms with Crippen LogP contribution < -0.4 is 37.2 Å². The summed E-state index contributed by atoms with van der Waals surface area (Å²) < 4.78 is 164. The zero-order chi connectivity index (χ0) is 39.5. The summed E-state index contributed by atoms with van der Waals surface area (Å²) in [5.41, 5.74) is 0.801. The van der Waals surface area contributed by atoms with E-state index < -0.39 is 117 Å². The molecule has 0 radical (unpaired) electrons. The normalized spacial score (nSPS) is 12.9. The molecule has 0 aromatic heterocycles. The van der Waals surface area contributed by atoms with Crippen LogP contribution in [0.5, 0.6) is 0 Å². The van der Waals surface area contributed by atoms with Crippen molar-refractivity contribution in [1.29, 1.82) is 0 Å². The molecule has 282 valence electrons. The van der Waals surface area contributed by atoms with Crippen LogP contribution >= 0.6 is 53.0 Å². The fourth-order valence-electron chi connectivity index (χ4n) is 2.84. The SMILES string of the molecule is [O]=[Sb]([O-])([Cl])[O]C(c1ccccc1)(c1ccccc1)c1ccccc1.[O]=[Sb]([O-])([O-])[Cl].[O]=[Sb]([O-])([O-])[Cl].[O]=[Sb]([O-])([O-])[Cl].[O]=[Sb]([O-])([O-])[Cl].[O]=[Sb]([O-])([O-])[Cl]. The first-order valence-corrected chi connectivity index (χ1v) is 49.1. The molecule has 0 heterocycles. The van der Waals surface area contributed by atoms with E-state index in [2.05, 4.69) is 44.1 Å². The molecule has 0 saturated carbocycles. The molecule has 0 fully saturated rings. The van der Waals surface area contributed by atoms with Gasteiger partial charge in [0.2, 0.25) is 0 Å². The van der Waals surface area contributed by atoms with Crippen molar-refractivity contribution >= 4 is 164 Å². The van der Waals surface area contributed by atoms with Gasteiger partial charge in [-0.2, -0.15) is 0 Å². The minimum absolute atomic E-state index is 0.702. The molecule has 49 heavy (non-hydrogen) atoms. The molecule has 0 aliphatic heterocycles. The van der Waals surface area contributed by atoms with E-state index in [0.717, 1.165) is 0 Å². The molecule has 0 N–H and O–H groups in total. The molecule has 0 amide bonds. The predicted molar refractivity (Wildman–Crippen MR) is 154 cm³/mol. The van der Waals surface area contributed by atoms with E-state index in [1.807, 2.05) is 91.0 Å². The van der Waals surface area contributed by atoms with E-state index in [1.54, 1.807) is 0 Å². The Bertz CT molecular complexity index is 1390. The Hall–Kier alpha value is 2.63. The molecular weight excluding hydrogens is 1460 g/mol. The van der Waals surface area contributed by atoms with Gasteiger partial charge in [0.15, 0.2) is 0 Å². The number of hydrogen-bond acceptors (Lipinski definition) is 18. The number of benzene rings is 3. The molecule has 3 rings (SSSR count). The Morgan fingerprint density at radius 1 is 0.367 bits per heavy atom. The molecule has 3 aromatic carbocycles. The molecule has 0 bridgehead atoms. The minimum atomic E-state index is -5.55. The van der Waals surface area contributed by atoms with Crippen molar-refractivity contribution in [3.05, 3.63) is 108 Å². The maximum atomic E-state index is 12.0. The van der Waals surface area contributed by atoms with Gasteiger partial charge in [0, 0.05) is 0 Å². The van der Waals surface area contributed by atoms with Gasteiger partial charge < -0.3 is 0 Å². The Morgan fingerprint density at radius 3 is 0.633 bits per heavy atom. The molecule has 0 saturated heterocycles. The predicted octanol–water partition coefficient (Wildman–Crippen LogP) is -7.48. The summed E-state index contributed by atoms with van der Waals surface area (Å²) >= 11 is -32.4. The third kappa shape index (κ3) is 46.7. The van der Waals surface area contributed by atoms with Crippen molar-refractivity contribution in [2.45, 2.75) is 5.60 Å². The number of hydrogen-bond donors (Lipinski definition) is 0. The van der Waals surface area contributed by atoms with Gasteiger partial charge in [-0.05, 0) is 0 Å². The summed E-state index contributed by atoms with van der Waals surface area (Å²) in [5, 5.41) is 0. The third-order valence-electron chi connectivity index (χ3n) is 3.79. The number of halogens is 6. The zero-order valence-electron chi connectivity index (χ0n) is 23.0. The van der Waals surface area contributed by atoms with Gasteiger partial charge in [-0.15, -0.1) is 0 Å². The molecule has 30 heteroatoms. The summed E-state index contributed by atoms with van der Waals surface area (Å²) in [7, 11) is 26.0.